The quantitative estimate of drug-likeness (QED) is 0.723. The van der Waals surface area contributed by atoms with Crippen LogP contribution in [0.3, 0.4) is 0 Å². The Morgan fingerprint density at radius 2 is 2.11 bits per heavy atom. The molecule has 0 aromatic heterocycles. The second-order valence-corrected chi connectivity index (χ2v) is 7.41. The maximum absolute atomic E-state index is 11.8. The summed E-state index contributed by atoms with van der Waals surface area (Å²) in [4.78, 5) is 22.6. The lowest BCUT2D eigenvalue weighted by Crippen LogP contribution is -2.49. The fourth-order valence-electron chi connectivity index (χ4n) is 1.97. The molecule has 0 bridgehead atoms. The van der Waals surface area contributed by atoms with Crippen molar-refractivity contribution in [3.05, 3.63) is 0 Å². The van der Waals surface area contributed by atoms with Crippen molar-refractivity contribution >= 4 is 23.8 Å². The minimum atomic E-state index is -0.897. The van der Waals surface area contributed by atoms with E-state index in [1.54, 1.807) is 0 Å². The Hall–Kier alpha value is -0.910. The van der Waals surface area contributed by atoms with E-state index in [2.05, 4.69) is 10.6 Å². The van der Waals surface area contributed by atoms with Crippen LogP contribution in [0.1, 0.15) is 40.0 Å². The second-order valence-electron chi connectivity index (χ2n) is 6.01. The van der Waals surface area contributed by atoms with Crippen molar-refractivity contribution in [2.75, 3.05) is 12.3 Å². The number of carboxylic acid groups (broad SMARTS) is 1. The van der Waals surface area contributed by atoms with E-state index in [0.29, 0.717) is 11.8 Å². The average molecular weight is 288 g/mol. The molecule has 2 atom stereocenters. The van der Waals surface area contributed by atoms with Gasteiger partial charge in [-0.15, -0.1) is 0 Å². The summed E-state index contributed by atoms with van der Waals surface area (Å²) in [7, 11) is 0. The van der Waals surface area contributed by atoms with Crippen LogP contribution in [0.25, 0.3) is 0 Å². The standard InChI is InChI=1S/C13H24N2O3S/c1-13(2,3)10(7-11(16)17)15-12(18)14-8-9-5-4-6-19-9/h9-10H,4-8H2,1-3H3,(H,16,17)(H2,14,15,18). The monoisotopic (exact) mass is 288 g/mol. The highest BCUT2D eigenvalue weighted by atomic mass is 32.2. The highest BCUT2D eigenvalue weighted by Gasteiger charge is 2.28. The summed E-state index contributed by atoms with van der Waals surface area (Å²) in [5.41, 5.74) is -0.280. The molecule has 6 heteroatoms. The lowest BCUT2D eigenvalue weighted by Gasteiger charge is -2.30. The van der Waals surface area contributed by atoms with Gasteiger partial charge in [-0.3, -0.25) is 4.79 Å². The number of carboxylic acids is 1. The first-order valence-corrected chi connectivity index (χ1v) is 7.71. The molecule has 5 nitrogen and oxygen atoms in total. The molecule has 0 radical (unpaired) electrons. The van der Waals surface area contributed by atoms with Gasteiger partial charge in [0.25, 0.3) is 0 Å². The molecule has 2 unspecified atom stereocenters. The minimum Gasteiger partial charge on any atom is -0.481 e. The Balaban J connectivity index is 2.39. The van der Waals surface area contributed by atoms with Crippen LogP contribution in [-0.2, 0) is 4.79 Å². The number of nitrogens with one attached hydrogen (secondary N) is 2. The lowest BCUT2D eigenvalue weighted by atomic mass is 9.85. The maximum Gasteiger partial charge on any atom is 0.315 e. The van der Waals surface area contributed by atoms with Crippen molar-refractivity contribution in [3.8, 4) is 0 Å². The summed E-state index contributed by atoms with van der Waals surface area (Å²) in [6, 6.07) is -0.644. The first-order chi connectivity index (χ1) is 8.79. The molecule has 1 aliphatic rings. The Labute approximate surface area is 118 Å². The third kappa shape index (κ3) is 6.18. The van der Waals surface area contributed by atoms with Gasteiger partial charge in [0.1, 0.15) is 0 Å². The highest BCUT2D eigenvalue weighted by molar-refractivity contribution is 8.00. The molecule has 0 aromatic carbocycles. The number of amides is 2. The van der Waals surface area contributed by atoms with E-state index >= 15 is 0 Å². The first kappa shape index (κ1) is 16.1. The van der Waals surface area contributed by atoms with Gasteiger partial charge >= 0.3 is 12.0 Å². The third-order valence-electron chi connectivity index (χ3n) is 3.24. The Kier molecular flexibility index (Phi) is 5.97. The molecule has 1 fully saturated rings. The Bertz CT molecular complexity index is 322. The molecule has 2 amide bonds. The fraction of sp³-hybridized carbons (Fsp3) is 0.846. The van der Waals surface area contributed by atoms with Gasteiger partial charge in [-0.2, -0.15) is 11.8 Å². The molecule has 0 spiro atoms. The molecule has 0 aliphatic carbocycles. The third-order valence-corrected chi connectivity index (χ3v) is 4.64. The van der Waals surface area contributed by atoms with Crippen molar-refractivity contribution in [1.82, 2.24) is 10.6 Å². The molecule has 0 saturated carbocycles. The van der Waals surface area contributed by atoms with Crippen LogP contribution in [0, 0.1) is 5.41 Å². The number of hydrogen-bond donors (Lipinski definition) is 3. The van der Waals surface area contributed by atoms with Gasteiger partial charge in [0.05, 0.1) is 6.42 Å². The smallest absolute Gasteiger partial charge is 0.315 e. The van der Waals surface area contributed by atoms with Gasteiger partial charge in [0.2, 0.25) is 0 Å². The van der Waals surface area contributed by atoms with Crippen LogP contribution in [0.2, 0.25) is 0 Å². The van der Waals surface area contributed by atoms with Crippen LogP contribution >= 0.6 is 11.8 Å². The van der Waals surface area contributed by atoms with E-state index in [1.807, 2.05) is 32.5 Å². The number of hydrogen-bond acceptors (Lipinski definition) is 3. The van der Waals surface area contributed by atoms with E-state index in [9.17, 15) is 9.59 Å². The molecule has 0 aromatic rings. The van der Waals surface area contributed by atoms with Crippen LogP contribution in [0.5, 0.6) is 0 Å². The number of urea groups is 1. The zero-order chi connectivity index (χ0) is 14.5. The van der Waals surface area contributed by atoms with Crippen LogP contribution in [0.4, 0.5) is 4.79 Å². The van der Waals surface area contributed by atoms with Gasteiger partial charge in [0.15, 0.2) is 0 Å². The second kappa shape index (κ2) is 7.03. The maximum atomic E-state index is 11.8. The van der Waals surface area contributed by atoms with Crippen LogP contribution in [-0.4, -0.2) is 40.7 Å². The lowest BCUT2D eigenvalue weighted by molar-refractivity contribution is -0.138. The summed E-state index contributed by atoms with van der Waals surface area (Å²) < 4.78 is 0. The summed E-state index contributed by atoms with van der Waals surface area (Å²) >= 11 is 1.88. The van der Waals surface area contributed by atoms with Crippen molar-refractivity contribution in [2.45, 2.75) is 51.3 Å². The Morgan fingerprint density at radius 3 is 2.58 bits per heavy atom. The zero-order valence-corrected chi connectivity index (χ0v) is 12.7. The molecule has 1 heterocycles. The summed E-state index contributed by atoms with van der Waals surface area (Å²) in [6.07, 6.45) is 2.29. The van der Waals surface area contributed by atoms with Gasteiger partial charge in [-0.25, -0.2) is 4.79 Å². The summed E-state index contributed by atoms with van der Waals surface area (Å²) in [5, 5.41) is 15.0. The minimum absolute atomic E-state index is 0.0604. The molecule has 3 N–H and O–H groups in total. The van der Waals surface area contributed by atoms with E-state index in [1.165, 1.54) is 6.42 Å². The highest BCUT2D eigenvalue weighted by Crippen LogP contribution is 2.25. The van der Waals surface area contributed by atoms with Crippen molar-refractivity contribution in [2.24, 2.45) is 5.41 Å². The van der Waals surface area contributed by atoms with E-state index in [4.69, 9.17) is 5.11 Å². The van der Waals surface area contributed by atoms with Crippen molar-refractivity contribution in [1.29, 1.82) is 0 Å². The number of thioether (sulfide) groups is 1. The van der Waals surface area contributed by atoms with E-state index in [0.717, 1.165) is 12.2 Å². The number of carbonyl (C=O) groups is 2. The van der Waals surface area contributed by atoms with Crippen molar-refractivity contribution in [3.63, 3.8) is 0 Å². The Morgan fingerprint density at radius 1 is 1.42 bits per heavy atom. The van der Waals surface area contributed by atoms with Crippen LogP contribution in [0.15, 0.2) is 0 Å². The number of rotatable bonds is 5. The molecular weight excluding hydrogens is 264 g/mol. The SMILES string of the molecule is CC(C)(C)C(CC(=O)O)NC(=O)NCC1CCCS1. The van der Waals surface area contributed by atoms with Crippen LogP contribution < -0.4 is 10.6 Å². The van der Waals surface area contributed by atoms with Gasteiger partial charge in [-0.05, 0) is 24.0 Å². The number of aliphatic carboxylic acids is 1. The van der Waals surface area contributed by atoms with Crippen molar-refractivity contribution < 1.29 is 14.7 Å². The number of carbonyl (C=O) groups excluding carboxylic acids is 1. The van der Waals surface area contributed by atoms with E-state index in [-0.39, 0.29) is 23.9 Å². The molecule has 1 rings (SSSR count). The normalized spacial score (nSPS) is 20.9. The summed E-state index contributed by atoms with van der Waals surface area (Å²) in [6.45, 7) is 6.43. The molecule has 1 saturated heterocycles. The summed E-state index contributed by atoms with van der Waals surface area (Å²) in [5.74, 6) is 0.268. The van der Waals surface area contributed by atoms with Gasteiger partial charge in [-0.1, -0.05) is 20.8 Å². The molecule has 19 heavy (non-hydrogen) atoms. The average Bonchev–Trinajstić information content (AvgIpc) is 2.76. The molecule has 1 aliphatic heterocycles. The fourth-order valence-corrected chi connectivity index (χ4v) is 3.17. The molecule has 110 valence electrons. The van der Waals surface area contributed by atoms with E-state index < -0.39 is 5.97 Å². The first-order valence-electron chi connectivity index (χ1n) is 6.67. The predicted octanol–water partition coefficient (Wildman–Crippen LogP) is 2.07. The largest absolute Gasteiger partial charge is 0.481 e. The van der Waals surface area contributed by atoms with Gasteiger partial charge in [0, 0.05) is 17.8 Å². The van der Waals surface area contributed by atoms with Gasteiger partial charge < -0.3 is 15.7 Å². The topological polar surface area (TPSA) is 78.4 Å². The zero-order valence-electron chi connectivity index (χ0n) is 11.9. The molecular formula is C13H24N2O3S. The predicted molar refractivity (Wildman–Crippen MR) is 77.5 cm³/mol.